The topological polar surface area (TPSA) is 71.0 Å². The van der Waals surface area contributed by atoms with E-state index in [9.17, 15) is 26.7 Å². The third kappa shape index (κ3) is 4.16. The summed E-state index contributed by atoms with van der Waals surface area (Å²) in [6.07, 6.45) is -1.87. The minimum Gasteiger partial charge on any atom is -0.358 e. The molecule has 1 saturated heterocycles. The Bertz CT molecular complexity index is 1100. The molecule has 1 aliphatic rings. The van der Waals surface area contributed by atoms with Gasteiger partial charge in [-0.25, -0.2) is 18.7 Å². The highest BCUT2D eigenvalue weighted by molar-refractivity contribution is 6.01. The van der Waals surface area contributed by atoms with Crippen LogP contribution in [0.2, 0.25) is 0 Å². The minimum absolute atomic E-state index is 0.0111. The van der Waals surface area contributed by atoms with Crippen LogP contribution in [0.5, 0.6) is 0 Å². The van der Waals surface area contributed by atoms with Crippen LogP contribution in [0.1, 0.15) is 12.1 Å². The number of para-hydroxylation sites is 1. The molecule has 0 bridgehead atoms. The molecular formula is C20H14F5N5O. The predicted octanol–water partition coefficient (Wildman–Crippen LogP) is 4.05. The third-order valence-electron chi connectivity index (χ3n) is 4.69. The molecule has 1 fully saturated rings. The number of carbonyl (C=O) groups is 1. The molecule has 11 heteroatoms. The summed E-state index contributed by atoms with van der Waals surface area (Å²) in [5.74, 6) is -2.93. The summed E-state index contributed by atoms with van der Waals surface area (Å²) in [4.78, 5) is 25.1. The van der Waals surface area contributed by atoms with Gasteiger partial charge in [0.2, 0.25) is 5.91 Å². The minimum atomic E-state index is -4.75. The van der Waals surface area contributed by atoms with Gasteiger partial charge < -0.3 is 10.2 Å². The first kappa shape index (κ1) is 20.6. The van der Waals surface area contributed by atoms with Gasteiger partial charge >= 0.3 is 6.18 Å². The highest BCUT2D eigenvalue weighted by atomic mass is 19.4. The van der Waals surface area contributed by atoms with E-state index in [1.807, 2.05) is 0 Å². The predicted molar refractivity (Wildman–Crippen MR) is 101 cm³/mol. The zero-order valence-electron chi connectivity index (χ0n) is 15.7. The van der Waals surface area contributed by atoms with Crippen LogP contribution >= 0.6 is 0 Å². The summed E-state index contributed by atoms with van der Waals surface area (Å²) in [5.41, 5.74) is -1.39. The molecule has 4 rings (SSSR count). The number of hydrogen-bond acceptors (Lipinski definition) is 5. The second-order valence-corrected chi connectivity index (χ2v) is 6.74. The Morgan fingerprint density at radius 3 is 2.35 bits per heavy atom. The number of pyridine rings is 1. The molecular weight excluding hydrogens is 421 g/mol. The lowest BCUT2D eigenvalue weighted by atomic mass is 10.2. The molecule has 31 heavy (non-hydrogen) atoms. The molecule has 0 radical (unpaired) electrons. The molecule has 6 nitrogen and oxygen atoms in total. The molecule has 1 aliphatic heterocycles. The Morgan fingerprint density at radius 2 is 1.71 bits per heavy atom. The Kier molecular flexibility index (Phi) is 5.25. The van der Waals surface area contributed by atoms with Crippen molar-refractivity contribution < 1.29 is 26.7 Å². The van der Waals surface area contributed by atoms with Crippen LogP contribution in [-0.4, -0.2) is 33.4 Å². The van der Waals surface area contributed by atoms with E-state index in [2.05, 4.69) is 20.3 Å². The number of benzene rings is 1. The van der Waals surface area contributed by atoms with Crippen molar-refractivity contribution in [1.29, 1.82) is 0 Å². The highest BCUT2D eigenvalue weighted by Gasteiger charge is 2.37. The number of nitrogens with zero attached hydrogens (tertiary/aromatic N) is 4. The molecule has 3 heterocycles. The summed E-state index contributed by atoms with van der Waals surface area (Å²) < 4.78 is 68.1. The van der Waals surface area contributed by atoms with Crippen LogP contribution in [0.3, 0.4) is 0 Å². The van der Waals surface area contributed by atoms with Gasteiger partial charge in [0.25, 0.3) is 0 Å². The molecule has 3 aromatic rings. The van der Waals surface area contributed by atoms with Crippen molar-refractivity contribution in [1.82, 2.24) is 15.0 Å². The van der Waals surface area contributed by atoms with Gasteiger partial charge in [-0.05, 0) is 30.7 Å². The van der Waals surface area contributed by atoms with Crippen molar-refractivity contribution in [2.75, 3.05) is 16.8 Å². The number of anilines is 2. The van der Waals surface area contributed by atoms with E-state index in [-0.39, 0.29) is 24.6 Å². The van der Waals surface area contributed by atoms with Crippen LogP contribution in [0.25, 0.3) is 11.4 Å². The number of amides is 1. The van der Waals surface area contributed by atoms with E-state index in [4.69, 9.17) is 0 Å². The Labute approximate surface area is 172 Å². The fourth-order valence-electron chi connectivity index (χ4n) is 3.26. The quantitative estimate of drug-likeness (QED) is 0.626. The first-order valence-corrected chi connectivity index (χ1v) is 9.12. The van der Waals surface area contributed by atoms with E-state index >= 15 is 0 Å². The van der Waals surface area contributed by atoms with Crippen molar-refractivity contribution in [3.05, 3.63) is 66.1 Å². The van der Waals surface area contributed by atoms with Gasteiger partial charge in [-0.15, -0.1) is 0 Å². The normalized spacial score (nSPS) is 16.6. The zero-order valence-corrected chi connectivity index (χ0v) is 15.7. The second-order valence-electron chi connectivity index (χ2n) is 6.74. The van der Waals surface area contributed by atoms with Crippen molar-refractivity contribution in [2.45, 2.75) is 18.6 Å². The zero-order chi connectivity index (χ0) is 22.2. The van der Waals surface area contributed by atoms with Crippen LogP contribution in [0.15, 0.2) is 48.8 Å². The van der Waals surface area contributed by atoms with Crippen molar-refractivity contribution in [2.24, 2.45) is 0 Å². The van der Waals surface area contributed by atoms with E-state index in [1.165, 1.54) is 30.6 Å². The van der Waals surface area contributed by atoms with E-state index in [0.717, 1.165) is 17.0 Å². The molecule has 1 N–H and O–H groups in total. The van der Waals surface area contributed by atoms with E-state index in [1.54, 1.807) is 0 Å². The summed E-state index contributed by atoms with van der Waals surface area (Å²) in [6.45, 7) is -0.0111. The van der Waals surface area contributed by atoms with E-state index in [0.29, 0.717) is 11.6 Å². The standard InChI is InChI=1S/C20H14F5N5O/c21-12-2-1-3-13(22)17(12)30-9-6-14(19(30)31)27-16-10-15(20(23,24)25)28-18(29-16)11-4-7-26-8-5-11/h1-5,7-8,10,14H,6,9H2,(H,27,28,29). The summed E-state index contributed by atoms with van der Waals surface area (Å²) >= 11 is 0. The third-order valence-corrected chi connectivity index (χ3v) is 4.69. The molecule has 0 spiro atoms. The average molecular weight is 435 g/mol. The van der Waals surface area contributed by atoms with Gasteiger partial charge in [-0.3, -0.25) is 9.78 Å². The monoisotopic (exact) mass is 435 g/mol. The number of carbonyl (C=O) groups excluding carboxylic acids is 1. The van der Waals surface area contributed by atoms with Gasteiger partial charge in [0.05, 0.1) is 0 Å². The average Bonchev–Trinajstić information content (AvgIpc) is 3.08. The van der Waals surface area contributed by atoms with Crippen molar-refractivity contribution in [3.63, 3.8) is 0 Å². The molecule has 1 atom stereocenters. The Balaban J connectivity index is 1.64. The van der Waals surface area contributed by atoms with Gasteiger partial charge in [-0.2, -0.15) is 13.2 Å². The lowest BCUT2D eigenvalue weighted by Gasteiger charge is -2.19. The van der Waals surface area contributed by atoms with Gasteiger partial charge in [0.15, 0.2) is 11.5 Å². The second kappa shape index (κ2) is 7.89. The highest BCUT2D eigenvalue weighted by Crippen LogP contribution is 2.32. The molecule has 2 aromatic heterocycles. The van der Waals surface area contributed by atoms with Gasteiger partial charge in [-0.1, -0.05) is 6.07 Å². The van der Waals surface area contributed by atoms with Crippen molar-refractivity contribution >= 4 is 17.4 Å². The summed E-state index contributed by atoms with van der Waals surface area (Å²) in [5, 5.41) is 2.65. The molecule has 0 saturated carbocycles. The number of nitrogens with one attached hydrogen (secondary N) is 1. The van der Waals surface area contributed by atoms with Gasteiger partial charge in [0.1, 0.15) is 29.2 Å². The van der Waals surface area contributed by atoms with Crippen LogP contribution in [0, 0.1) is 11.6 Å². The Hall–Kier alpha value is -3.63. The molecule has 1 aromatic carbocycles. The maximum atomic E-state index is 14.0. The first-order chi connectivity index (χ1) is 14.7. The summed E-state index contributed by atoms with van der Waals surface area (Å²) in [6, 6.07) is 5.78. The Morgan fingerprint density at radius 1 is 1.03 bits per heavy atom. The van der Waals surface area contributed by atoms with Crippen LogP contribution < -0.4 is 10.2 Å². The largest absolute Gasteiger partial charge is 0.433 e. The number of rotatable bonds is 4. The molecule has 0 aliphatic carbocycles. The number of halogens is 5. The first-order valence-electron chi connectivity index (χ1n) is 9.12. The number of hydrogen-bond donors (Lipinski definition) is 1. The van der Waals surface area contributed by atoms with Crippen LogP contribution in [0.4, 0.5) is 33.5 Å². The van der Waals surface area contributed by atoms with Gasteiger partial charge in [0, 0.05) is 30.6 Å². The number of alkyl halides is 3. The molecule has 160 valence electrons. The lowest BCUT2D eigenvalue weighted by molar-refractivity contribution is -0.141. The smallest absolute Gasteiger partial charge is 0.358 e. The van der Waals surface area contributed by atoms with Crippen molar-refractivity contribution in [3.8, 4) is 11.4 Å². The fraction of sp³-hybridized carbons (Fsp3) is 0.200. The molecule has 1 amide bonds. The maximum Gasteiger partial charge on any atom is 0.433 e. The number of aromatic nitrogens is 3. The fourth-order valence-corrected chi connectivity index (χ4v) is 3.26. The lowest BCUT2D eigenvalue weighted by Crippen LogP contribution is -2.34. The SMILES string of the molecule is O=C1C(Nc2cc(C(F)(F)F)nc(-c3ccncc3)n2)CCN1c1c(F)cccc1F. The van der Waals surface area contributed by atoms with Crippen LogP contribution in [-0.2, 0) is 11.0 Å². The maximum absolute atomic E-state index is 14.0. The molecule has 1 unspecified atom stereocenters. The summed E-state index contributed by atoms with van der Waals surface area (Å²) in [7, 11) is 0. The van der Waals surface area contributed by atoms with E-state index < -0.39 is 41.1 Å².